The number of halogens is 6. The lowest BCUT2D eigenvalue weighted by Gasteiger charge is -2.29. The summed E-state index contributed by atoms with van der Waals surface area (Å²) in [7, 11) is 2.22. The Hall–Kier alpha value is -2.77. The van der Waals surface area contributed by atoms with Crippen LogP contribution < -0.4 is 4.90 Å². The van der Waals surface area contributed by atoms with Crippen LogP contribution in [0.4, 0.5) is 36.8 Å². The Morgan fingerprint density at radius 1 is 0.938 bits per heavy atom. The second-order valence-corrected chi connectivity index (χ2v) is 7.18. The molecule has 3 amide bonds. The van der Waals surface area contributed by atoms with Gasteiger partial charge in [-0.05, 0) is 42.1 Å². The van der Waals surface area contributed by atoms with Crippen molar-refractivity contribution < 1.29 is 45.4 Å². The van der Waals surface area contributed by atoms with Crippen molar-refractivity contribution in [1.82, 2.24) is 4.90 Å². The summed E-state index contributed by atoms with van der Waals surface area (Å²) in [4.78, 5) is 26.1. The Labute approximate surface area is 182 Å². The van der Waals surface area contributed by atoms with Crippen LogP contribution in [0.25, 0.3) is 0 Å². The summed E-state index contributed by atoms with van der Waals surface area (Å²) in [6.45, 7) is -1.41. The molecule has 0 radical (unpaired) electrons. The monoisotopic (exact) mass is 482 g/mol. The van der Waals surface area contributed by atoms with E-state index in [1.165, 1.54) is 0 Å². The number of rotatable bonds is 7. The largest absolute Gasteiger partial charge is 0.446 e. The third-order valence-electron chi connectivity index (χ3n) is 3.84. The van der Waals surface area contributed by atoms with Crippen molar-refractivity contribution in [3.63, 3.8) is 0 Å². The lowest BCUT2D eigenvalue weighted by molar-refractivity contribution is -0.0328. The molecule has 0 aliphatic heterocycles. The number of carbonyl (C=O) groups is 2. The maximum atomic E-state index is 14.6. The second-order valence-electron chi connectivity index (χ2n) is 6.04. The summed E-state index contributed by atoms with van der Waals surface area (Å²) in [5.74, 6) is -5.14. The molecule has 174 valence electrons. The number of thioether (sulfide) groups is 1. The van der Waals surface area contributed by atoms with E-state index < -0.39 is 76.3 Å². The summed E-state index contributed by atoms with van der Waals surface area (Å²) in [5.41, 5.74) is -6.25. The third-order valence-corrected chi connectivity index (χ3v) is 4.56. The lowest BCUT2D eigenvalue weighted by Crippen LogP contribution is -2.48. The Kier molecular flexibility index (Phi) is 8.52. The van der Waals surface area contributed by atoms with Gasteiger partial charge in [0.25, 0.3) is 5.91 Å². The quantitative estimate of drug-likeness (QED) is 0.316. The number of methoxy groups -OCH3 is 2. The molecule has 0 aliphatic carbocycles. The fourth-order valence-corrected chi connectivity index (χ4v) is 3.14. The number of urea groups is 1. The summed E-state index contributed by atoms with van der Waals surface area (Å²) in [6.07, 6.45) is 0. The van der Waals surface area contributed by atoms with Crippen molar-refractivity contribution in [1.29, 1.82) is 0 Å². The van der Waals surface area contributed by atoms with Crippen molar-refractivity contribution in [3.05, 3.63) is 59.4 Å². The summed E-state index contributed by atoms with van der Waals surface area (Å²) in [6, 6.07) is 3.64. The van der Waals surface area contributed by atoms with Gasteiger partial charge in [0.2, 0.25) is 0 Å². The first-order valence-corrected chi connectivity index (χ1v) is 9.42. The van der Waals surface area contributed by atoms with Gasteiger partial charge in [0.1, 0.15) is 36.5 Å². The van der Waals surface area contributed by atoms with E-state index >= 15 is 0 Å². The van der Waals surface area contributed by atoms with Crippen molar-refractivity contribution in [2.24, 2.45) is 0 Å². The van der Waals surface area contributed by atoms with Gasteiger partial charge in [0.15, 0.2) is 0 Å². The van der Waals surface area contributed by atoms with Crippen LogP contribution in [-0.4, -0.2) is 50.0 Å². The Bertz CT molecular complexity index is 969. The second kappa shape index (κ2) is 10.7. The van der Waals surface area contributed by atoms with Crippen LogP contribution in [0.5, 0.6) is 0 Å². The maximum absolute atomic E-state index is 14.6. The molecule has 6 nitrogen and oxygen atoms in total. The molecule has 0 aromatic heterocycles. The van der Waals surface area contributed by atoms with E-state index in [4.69, 9.17) is 9.47 Å². The number of nitrogens with zero attached hydrogens (tertiary/aromatic N) is 2. The highest BCUT2D eigenvalue weighted by Crippen LogP contribution is 2.38. The first-order chi connectivity index (χ1) is 15.0. The molecule has 0 unspecified atom stereocenters. The van der Waals surface area contributed by atoms with Crippen LogP contribution in [0.15, 0.2) is 41.3 Å². The molecular formula is C19H16F6N2O4S. The van der Waals surface area contributed by atoms with Gasteiger partial charge in [0, 0.05) is 19.1 Å². The summed E-state index contributed by atoms with van der Waals surface area (Å²) >= 11 is -0.566. The van der Waals surface area contributed by atoms with Crippen molar-refractivity contribution in [3.8, 4) is 0 Å². The Balaban J connectivity index is 2.44. The molecule has 0 fully saturated rings. The van der Waals surface area contributed by atoms with Crippen molar-refractivity contribution in [2.45, 2.75) is 10.4 Å². The van der Waals surface area contributed by atoms with Crippen LogP contribution in [0.1, 0.15) is 10.4 Å². The average molecular weight is 482 g/mol. The van der Waals surface area contributed by atoms with Gasteiger partial charge in [-0.25, -0.2) is 22.9 Å². The smallest absolute Gasteiger partial charge is 0.364 e. The van der Waals surface area contributed by atoms with E-state index in [2.05, 4.69) is 0 Å². The molecule has 0 spiro atoms. The third kappa shape index (κ3) is 6.14. The highest BCUT2D eigenvalue weighted by molar-refractivity contribution is 8.00. The minimum Gasteiger partial charge on any atom is -0.364 e. The SMILES string of the molecule is COCN(C(=O)c1c(F)cccc1F)C(=O)N(COC)c1ccc(SC(F)(F)F)cc1F. The van der Waals surface area contributed by atoms with Gasteiger partial charge in [-0.1, -0.05) is 6.07 Å². The van der Waals surface area contributed by atoms with Gasteiger partial charge >= 0.3 is 11.5 Å². The minimum absolute atomic E-state index is 0.290. The number of hydrogen-bond donors (Lipinski definition) is 0. The van der Waals surface area contributed by atoms with Gasteiger partial charge in [0.05, 0.1) is 5.69 Å². The topological polar surface area (TPSA) is 59.1 Å². The first kappa shape index (κ1) is 25.5. The molecule has 0 bridgehead atoms. The van der Waals surface area contributed by atoms with Gasteiger partial charge in [-0.15, -0.1) is 0 Å². The zero-order valence-corrected chi connectivity index (χ0v) is 17.4. The molecule has 0 aliphatic rings. The fourth-order valence-electron chi connectivity index (χ4n) is 2.57. The molecule has 2 aromatic rings. The van der Waals surface area contributed by atoms with Crippen LogP contribution >= 0.6 is 11.8 Å². The Morgan fingerprint density at radius 2 is 1.53 bits per heavy atom. The zero-order chi connectivity index (χ0) is 24.1. The molecule has 2 aromatic carbocycles. The number of carbonyl (C=O) groups excluding carboxylic acids is 2. The maximum Gasteiger partial charge on any atom is 0.446 e. The first-order valence-electron chi connectivity index (χ1n) is 8.60. The lowest BCUT2D eigenvalue weighted by atomic mass is 10.1. The number of imide groups is 1. The van der Waals surface area contributed by atoms with E-state index in [-0.39, 0.29) is 0 Å². The number of anilines is 1. The highest BCUT2D eigenvalue weighted by Gasteiger charge is 2.34. The van der Waals surface area contributed by atoms with Crippen molar-refractivity contribution in [2.75, 3.05) is 32.6 Å². The molecule has 2 rings (SSSR count). The fraction of sp³-hybridized carbons (Fsp3) is 0.263. The van der Waals surface area contributed by atoms with Crippen molar-refractivity contribution >= 4 is 29.4 Å². The average Bonchev–Trinajstić information content (AvgIpc) is 2.69. The zero-order valence-electron chi connectivity index (χ0n) is 16.6. The van der Waals surface area contributed by atoms with Gasteiger partial charge < -0.3 is 9.47 Å². The van der Waals surface area contributed by atoms with E-state index in [9.17, 15) is 35.9 Å². The Morgan fingerprint density at radius 3 is 2.03 bits per heavy atom. The van der Waals surface area contributed by atoms with E-state index in [0.717, 1.165) is 44.6 Å². The normalized spacial score (nSPS) is 11.4. The molecule has 13 heteroatoms. The predicted octanol–water partition coefficient (Wildman–Crippen LogP) is 4.99. The standard InChI is InChI=1S/C19H16F6N2O4S/c1-30-9-26(15-7-6-11(8-14(15)22)32-19(23,24)25)18(29)27(10-31-2)17(28)16-12(20)4-3-5-13(16)21/h3-8H,9-10H2,1-2H3. The van der Waals surface area contributed by atoms with Gasteiger partial charge in [-0.2, -0.15) is 13.2 Å². The highest BCUT2D eigenvalue weighted by atomic mass is 32.2. The summed E-state index contributed by atoms with van der Waals surface area (Å²) in [5, 5.41) is 0. The molecule has 0 saturated heterocycles. The number of alkyl halides is 3. The van der Waals surface area contributed by atoms with Crippen LogP contribution in [0, 0.1) is 17.5 Å². The number of benzene rings is 2. The van der Waals surface area contributed by atoms with E-state index in [0.29, 0.717) is 15.9 Å². The molecule has 0 atom stereocenters. The van der Waals surface area contributed by atoms with Crippen LogP contribution in [0.2, 0.25) is 0 Å². The molecule has 0 saturated carbocycles. The summed E-state index contributed by atoms with van der Waals surface area (Å²) < 4.78 is 89.8. The van der Waals surface area contributed by atoms with Crippen LogP contribution in [-0.2, 0) is 9.47 Å². The molecule has 0 heterocycles. The molecule has 32 heavy (non-hydrogen) atoms. The number of ether oxygens (including phenoxy) is 2. The number of amides is 3. The predicted molar refractivity (Wildman–Crippen MR) is 102 cm³/mol. The van der Waals surface area contributed by atoms with Gasteiger partial charge in [-0.3, -0.25) is 9.69 Å². The molecular weight excluding hydrogens is 466 g/mol. The minimum atomic E-state index is -4.67. The number of hydrogen-bond acceptors (Lipinski definition) is 5. The van der Waals surface area contributed by atoms with E-state index in [1.807, 2.05) is 0 Å². The van der Waals surface area contributed by atoms with Crippen LogP contribution in [0.3, 0.4) is 0 Å². The molecule has 0 N–H and O–H groups in total. The van der Waals surface area contributed by atoms with E-state index in [1.54, 1.807) is 0 Å².